The molecule has 93 valence electrons. The second-order valence-corrected chi connectivity index (χ2v) is 5.18. The molecule has 0 unspecified atom stereocenters. The largest absolute Gasteiger partial charge is 0.395 e. The Morgan fingerprint density at radius 2 is 2.00 bits per heavy atom. The molecule has 0 atom stereocenters. The van der Waals surface area contributed by atoms with E-state index in [9.17, 15) is 10.1 Å². The van der Waals surface area contributed by atoms with E-state index in [0.717, 1.165) is 5.92 Å². The molecular weight excluding hydrogens is 218 g/mol. The molecule has 0 aliphatic rings. The molecule has 0 saturated heterocycles. The van der Waals surface area contributed by atoms with Crippen molar-refractivity contribution < 1.29 is 10.0 Å². The molecule has 1 aromatic carbocycles. The summed E-state index contributed by atoms with van der Waals surface area (Å²) in [6.07, 6.45) is 0. The van der Waals surface area contributed by atoms with Gasteiger partial charge in [-0.3, -0.25) is 10.1 Å². The molecule has 0 bridgehead atoms. The van der Waals surface area contributed by atoms with Crippen molar-refractivity contribution in [2.24, 2.45) is 0 Å². The molecule has 1 rings (SSSR count). The third-order valence-corrected chi connectivity index (χ3v) is 2.73. The maximum absolute atomic E-state index is 11.1. The number of rotatable bonds is 3. The van der Waals surface area contributed by atoms with Crippen LogP contribution in [0.4, 0.5) is 5.69 Å². The number of nitro benzene ring substituents is 1. The van der Waals surface area contributed by atoms with Gasteiger partial charge in [0.2, 0.25) is 0 Å². The molecule has 1 N–H and O–H groups in total. The number of nitro groups is 1. The standard InChI is InChI=1S/C13H18NO3/c1-9(8-15)10-5-6-11(13(2,3)4)12(7-10)14(16)17/h5-7,15H,8H2,1-4H3. The predicted molar refractivity (Wildman–Crippen MR) is 66.9 cm³/mol. The van der Waals surface area contributed by atoms with E-state index in [1.165, 1.54) is 6.07 Å². The van der Waals surface area contributed by atoms with Gasteiger partial charge >= 0.3 is 0 Å². The summed E-state index contributed by atoms with van der Waals surface area (Å²) < 4.78 is 0. The Morgan fingerprint density at radius 1 is 1.41 bits per heavy atom. The van der Waals surface area contributed by atoms with Crippen molar-refractivity contribution in [3.63, 3.8) is 0 Å². The molecule has 0 heterocycles. The average Bonchev–Trinajstić information content (AvgIpc) is 2.25. The molecule has 4 heteroatoms. The van der Waals surface area contributed by atoms with Gasteiger partial charge in [-0.1, -0.05) is 39.8 Å². The van der Waals surface area contributed by atoms with Crippen molar-refractivity contribution in [3.05, 3.63) is 45.4 Å². The Kier molecular flexibility index (Phi) is 3.88. The van der Waals surface area contributed by atoms with Gasteiger partial charge in [0.15, 0.2) is 0 Å². The molecule has 0 aliphatic heterocycles. The Labute approximate surface area is 101 Å². The number of benzene rings is 1. The Hall–Kier alpha value is -1.42. The fourth-order valence-corrected chi connectivity index (χ4v) is 1.67. The minimum absolute atomic E-state index is 0.0913. The van der Waals surface area contributed by atoms with E-state index in [-0.39, 0.29) is 22.6 Å². The first-order valence-corrected chi connectivity index (χ1v) is 5.50. The summed E-state index contributed by atoms with van der Waals surface area (Å²) in [6, 6.07) is 5.12. The van der Waals surface area contributed by atoms with Gasteiger partial charge in [-0.2, -0.15) is 0 Å². The van der Waals surface area contributed by atoms with E-state index in [1.54, 1.807) is 13.0 Å². The molecule has 0 amide bonds. The van der Waals surface area contributed by atoms with Crippen LogP contribution in [0.2, 0.25) is 0 Å². The SMILES string of the molecule is C[C](CO)c1ccc(C(C)(C)C)c([N+](=O)[O-])c1. The Balaban J connectivity index is 3.32. The summed E-state index contributed by atoms with van der Waals surface area (Å²) in [4.78, 5) is 10.7. The summed E-state index contributed by atoms with van der Waals surface area (Å²) in [5, 5.41) is 20.1. The van der Waals surface area contributed by atoms with Crippen LogP contribution in [0.15, 0.2) is 18.2 Å². The summed E-state index contributed by atoms with van der Waals surface area (Å²) in [7, 11) is 0. The van der Waals surface area contributed by atoms with Crippen molar-refractivity contribution in [3.8, 4) is 0 Å². The van der Waals surface area contributed by atoms with Gasteiger partial charge < -0.3 is 5.11 Å². The summed E-state index contributed by atoms with van der Waals surface area (Å²) in [6.45, 7) is 7.49. The highest BCUT2D eigenvalue weighted by atomic mass is 16.6. The second-order valence-electron chi connectivity index (χ2n) is 5.18. The van der Waals surface area contributed by atoms with Gasteiger partial charge in [-0.25, -0.2) is 0 Å². The first kappa shape index (κ1) is 13.6. The van der Waals surface area contributed by atoms with Gasteiger partial charge in [0, 0.05) is 17.5 Å². The number of hydrogen-bond acceptors (Lipinski definition) is 3. The topological polar surface area (TPSA) is 63.4 Å². The molecule has 0 fully saturated rings. The van der Waals surface area contributed by atoms with Crippen LogP contribution >= 0.6 is 0 Å². The molecule has 0 spiro atoms. The number of nitrogens with zero attached hydrogens (tertiary/aromatic N) is 1. The van der Waals surface area contributed by atoms with Crippen molar-refractivity contribution in [1.29, 1.82) is 0 Å². The lowest BCUT2D eigenvalue weighted by Crippen LogP contribution is -2.14. The van der Waals surface area contributed by atoms with Crippen molar-refractivity contribution in [2.75, 3.05) is 6.61 Å². The zero-order valence-corrected chi connectivity index (χ0v) is 10.7. The van der Waals surface area contributed by atoms with Crippen molar-refractivity contribution >= 4 is 5.69 Å². The van der Waals surface area contributed by atoms with Gasteiger partial charge in [-0.15, -0.1) is 0 Å². The third-order valence-electron chi connectivity index (χ3n) is 2.73. The predicted octanol–water partition coefficient (Wildman–Crippen LogP) is 2.83. The summed E-state index contributed by atoms with van der Waals surface area (Å²) >= 11 is 0. The normalized spacial score (nSPS) is 11.9. The maximum atomic E-state index is 11.1. The van der Waals surface area contributed by atoms with Gasteiger partial charge in [0.05, 0.1) is 11.5 Å². The molecular formula is C13H18NO3. The number of hydrogen-bond donors (Lipinski definition) is 1. The van der Waals surface area contributed by atoms with Crippen molar-refractivity contribution in [1.82, 2.24) is 0 Å². The highest BCUT2D eigenvalue weighted by molar-refractivity contribution is 5.50. The van der Waals surface area contributed by atoms with E-state index < -0.39 is 0 Å². The maximum Gasteiger partial charge on any atom is 0.273 e. The summed E-state index contributed by atoms with van der Waals surface area (Å²) in [5.74, 6) is 0.730. The first-order valence-electron chi connectivity index (χ1n) is 5.50. The third kappa shape index (κ3) is 3.03. The Morgan fingerprint density at radius 3 is 2.41 bits per heavy atom. The highest BCUT2D eigenvalue weighted by Crippen LogP contribution is 2.33. The first-order chi connectivity index (χ1) is 7.77. The lowest BCUT2D eigenvalue weighted by atomic mass is 9.84. The minimum atomic E-state index is -0.366. The van der Waals surface area contributed by atoms with E-state index in [1.807, 2.05) is 26.8 Å². The second kappa shape index (κ2) is 4.84. The van der Waals surface area contributed by atoms with Crippen LogP contribution in [0, 0.1) is 16.0 Å². The minimum Gasteiger partial charge on any atom is -0.395 e. The van der Waals surface area contributed by atoms with Crippen molar-refractivity contribution in [2.45, 2.75) is 33.1 Å². The highest BCUT2D eigenvalue weighted by Gasteiger charge is 2.25. The van der Waals surface area contributed by atoms with E-state index in [4.69, 9.17) is 5.11 Å². The van der Waals surface area contributed by atoms with Crippen LogP contribution < -0.4 is 0 Å². The number of aliphatic hydroxyl groups is 1. The van der Waals surface area contributed by atoms with Gasteiger partial charge in [0.1, 0.15) is 0 Å². The van der Waals surface area contributed by atoms with E-state index >= 15 is 0 Å². The molecule has 1 aromatic rings. The molecule has 17 heavy (non-hydrogen) atoms. The number of aliphatic hydroxyl groups excluding tert-OH is 1. The fraction of sp³-hybridized carbons (Fsp3) is 0.462. The molecule has 0 aromatic heterocycles. The smallest absolute Gasteiger partial charge is 0.273 e. The molecule has 0 aliphatic carbocycles. The quantitative estimate of drug-likeness (QED) is 0.648. The van der Waals surface area contributed by atoms with Crippen LogP contribution in [0.3, 0.4) is 0 Å². The van der Waals surface area contributed by atoms with Crippen LogP contribution in [-0.2, 0) is 5.41 Å². The van der Waals surface area contributed by atoms with Crippen LogP contribution in [0.25, 0.3) is 0 Å². The zero-order valence-electron chi connectivity index (χ0n) is 10.7. The molecule has 0 saturated carbocycles. The average molecular weight is 236 g/mol. The Bertz CT molecular complexity index is 421. The lowest BCUT2D eigenvalue weighted by molar-refractivity contribution is -0.386. The molecule has 4 nitrogen and oxygen atoms in total. The monoisotopic (exact) mass is 236 g/mol. The zero-order chi connectivity index (χ0) is 13.2. The van der Waals surface area contributed by atoms with Crippen LogP contribution in [0.5, 0.6) is 0 Å². The van der Waals surface area contributed by atoms with Crippen LogP contribution in [-0.4, -0.2) is 16.6 Å². The summed E-state index contributed by atoms with van der Waals surface area (Å²) in [5.41, 5.74) is 1.26. The fourth-order valence-electron chi connectivity index (χ4n) is 1.67. The van der Waals surface area contributed by atoms with E-state index in [2.05, 4.69) is 0 Å². The van der Waals surface area contributed by atoms with Crippen LogP contribution in [0.1, 0.15) is 38.8 Å². The lowest BCUT2D eigenvalue weighted by Gasteiger charge is -2.20. The van der Waals surface area contributed by atoms with Gasteiger partial charge in [0.25, 0.3) is 5.69 Å². The van der Waals surface area contributed by atoms with E-state index in [0.29, 0.717) is 11.1 Å². The van der Waals surface area contributed by atoms with Gasteiger partial charge in [-0.05, 0) is 11.0 Å². The molecule has 1 radical (unpaired) electrons.